The van der Waals surface area contributed by atoms with Gasteiger partial charge in [0.2, 0.25) is 15.8 Å². The number of sulfone groups is 1. The molecule has 11 nitrogen and oxygen atoms in total. The first-order valence-corrected chi connectivity index (χ1v) is 9.57. The summed E-state index contributed by atoms with van der Waals surface area (Å²) < 4.78 is 47.5. The lowest BCUT2D eigenvalue weighted by Gasteiger charge is -2.06. The molecule has 1 aromatic carbocycles. The van der Waals surface area contributed by atoms with E-state index < -0.39 is 46.7 Å². The van der Waals surface area contributed by atoms with Crippen LogP contribution in [0.15, 0.2) is 21.8 Å². The van der Waals surface area contributed by atoms with Crippen LogP contribution in [-0.4, -0.2) is 44.2 Å². The molecule has 0 spiro atoms. The molecule has 0 fully saturated rings. The molecule has 0 aliphatic carbocycles. The summed E-state index contributed by atoms with van der Waals surface area (Å²) in [7, 11) is -7.73. The van der Waals surface area contributed by atoms with Gasteiger partial charge < -0.3 is 4.98 Å². The molecule has 0 aliphatic heterocycles. The number of anilines is 1. The lowest BCUT2D eigenvalue weighted by Crippen LogP contribution is -2.20. The molecule has 1 aromatic heterocycles. The number of hydrogen-bond acceptors (Lipinski definition) is 8. The van der Waals surface area contributed by atoms with Crippen molar-refractivity contribution in [3.63, 3.8) is 0 Å². The highest BCUT2D eigenvalue weighted by Crippen LogP contribution is 2.27. The molecule has 13 heteroatoms. The summed E-state index contributed by atoms with van der Waals surface area (Å²) in [5.74, 6) is -0.576. The molecular weight excluding hydrogens is 352 g/mol. The minimum absolute atomic E-state index is 0.104. The number of sulfonamides is 1. The van der Waals surface area contributed by atoms with E-state index in [1.165, 1.54) is 0 Å². The molecule has 0 unspecified atom stereocenters. The zero-order chi connectivity index (χ0) is 17.6. The molecule has 2 rings (SSSR count). The van der Waals surface area contributed by atoms with Crippen molar-refractivity contribution >= 4 is 42.4 Å². The first-order valence-electron chi connectivity index (χ1n) is 5.79. The number of aromatic amines is 1. The molecule has 23 heavy (non-hydrogen) atoms. The molecule has 1 heterocycles. The van der Waals surface area contributed by atoms with E-state index in [-0.39, 0.29) is 11.0 Å². The van der Waals surface area contributed by atoms with Crippen molar-refractivity contribution in [3.8, 4) is 0 Å². The Hall–Kier alpha value is -2.54. The summed E-state index contributed by atoms with van der Waals surface area (Å²) in [6.07, 6.45) is 1.58. The molecule has 0 bridgehead atoms. The monoisotopic (exact) mass is 362 g/mol. The highest BCUT2D eigenvalue weighted by atomic mass is 32.2. The van der Waals surface area contributed by atoms with Gasteiger partial charge in [-0.15, -0.1) is 0 Å². The lowest BCUT2D eigenvalue weighted by atomic mass is 10.2. The molecule has 0 atom stereocenters. The van der Waals surface area contributed by atoms with Crippen LogP contribution in [0.3, 0.4) is 0 Å². The number of benzene rings is 1. The molecule has 2 N–H and O–H groups in total. The van der Waals surface area contributed by atoms with Gasteiger partial charge in [-0.25, -0.2) is 21.8 Å². The minimum atomic E-state index is -3.94. The van der Waals surface area contributed by atoms with Crippen molar-refractivity contribution in [1.29, 1.82) is 0 Å². The van der Waals surface area contributed by atoms with Gasteiger partial charge in [0.05, 0.1) is 22.2 Å². The van der Waals surface area contributed by atoms with Crippen LogP contribution >= 0.6 is 0 Å². The standard InChI is InChI=1S/C10H10N4O7S2/c1-22(18,19)8-4-6-5(3-7(8)14(16)17)12-10(15)9(11-6)13-23(2,20)21/h3-4H,1-2H3,(H,11,13)(H,12,15). The summed E-state index contributed by atoms with van der Waals surface area (Å²) in [5.41, 5.74) is -1.87. The third-order valence-corrected chi connectivity index (χ3v) is 4.34. The lowest BCUT2D eigenvalue weighted by molar-refractivity contribution is -0.387. The Bertz CT molecular complexity index is 1090. The predicted molar refractivity (Wildman–Crippen MR) is 80.6 cm³/mol. The maximum atomic E-state index is 11.7. The van der Waals surface area contributed by atoms with Crippen LogP contribution in [0.25, 0.3) is 11.0 Å². The normalized spacial score (nSPS) is 12.3. The van der Waals surface area contributed by atoms with E-state index in [0.29, 0.717) is 0 Å². The summed E-state index contributed by atoms with van der Waals surface area (Å²) in [6, 6.07) is 1.75. The van der Waals surface area contributed by atoms with Gasteiger partial charge >= 0.3 is 0 Å². The van der Waals surface area contributed by atoms with Gasteiger partial charge in [-0.05, 0) is 6.07 Å². The van der Waals surface area contributed by atoms with Gasteiger partial charge in [0.1, 0.15) is 4.90 Å². The molecule has 0 radical (unpaired) electrons. The summed E-state index contributed by atoms with van der Waals surface area (Å²) in [6.45, 7) is 0. The van der Waals surface area contributed by atoms with Crippen LogP contribution in [0.2, 0.25) is 0 Å². The second-order valence-electron chi connectivity index (χ2n) is 4.66. The first-order chi connectivity index (χ1) is 10.4. The highest BCUT2D eigenvalue weighted by molar-refractivity contribution is 7.92. The maximum absolute atomic E-state index is 11.7. The Kier molecular flexibility index (Phi) is 3.86. The number of fused-ring (bicyclic) bond motifs is 1. The van der Waals surface area contributed by atoms with E-state index in [0.717, 1.165) is 24.6 Å². The topological polar surface area (TPSA) is 169 Å². The summed E-state index contributed by atoms with van der Waals surface area (Å²) >= 11 is 0. The molecule has 0 aliphatic rings. The van der Waals surface area contributed by atoms with Crippen LogP contribution in [0.5, 0.6) is 0 Å². The molecule has 0 saturated carbocycles. The van der Waals surface area contributed by atoms with Gasteiger partial charge in [-0.3, -0.25) is 19.6 Å². The van der Waals surface area contributed by atoms with Gasteiger partial charge in [-0.1, -0.05) is 0 Å². The van der Waals surface area contributed by atoms with E-state index >= 15 is 0 Å². The fraction of sp³-hybridized carbons (Fsp3) is 0.200. The number of rotatable bonds is 4. The molecule has 124 valence electrons. The van der Waals surface area contributed by atoms with E-state index in [9.17, 15) is 31.7 Å². The van der Waals surface area contributed by atoms with E-state index in [4.69, 9.17) is 0 Å². The van der Waals surface area contributed by atoms with Crippen LogP contribution in [0.4, 0.5) is 11.5 Å². The Balaban J connectivity index is 2.85. The number of H-pyrrole nitrogens is 1. The van der Waals surface area contributed by atoms with Gasteiger partial charge in [0, 0.05) is 12.3 Å². The Morgan fingerprint density at radius 2 is 1.83 bits per heavy atom. The minimum Gasteiger partial charge on any atom is -0.317 e. The van der Waals surface area contributed by atoms with Crippen molar-refractivity contribution in [1.82, 2.24) is 9.97 Å². The Morgan fingerprint density at radius 1 is 1.22 bits per heavy atom. The average Bonchev–Trinajstić information content (AvgIpc) is 2.35. The molecule has 0 saturated heterocycles. The molecule has 0 amide bonds. The zero-order valence-electron chi connectivity index (χ0n) is 11.7. The van der Waals surface area contributed by atoms with Crippen LogP contribution in [-0.2, 0) is 19.9 Å². The van der Waals surface area contributed by atoms with Crippen LogP contribution in [0.1, 0.15) is 0 Å². The smallest absolute Gasteiger partial charge is 0.292 e. The van der Waals surface area contributed by atoms with E-state index in [2.05, 4.69) is 9.97 Å². The second kappa shape index (κ2) is 5.27. The van der Waals surface area contributed by atoms with Crippen LogP contribution < -0.4 is 10.3 Å². The van der Waals surface area contributed by atoms with Gasteiger partial charge in [0.15, 0.2) is 9.84 Å². The predicted octanol–water partition coefficient (Wildman–Crippen LogP) is -0.394. The van der Waals surface area contributed by atoms with E-state index in [1.807, 2.05) is 4.72 Å². The maximum Gasteiger partial charge on any atom is 0.292 e. The van der Waals surface area contributed by atoms with Gasteiger partial charge in [0.25, 0.3) is 11.2 Å². The van der Waals surface area contributed by atoms with E-state index in [1.54, 1.807) is 0 Å². The van der Waals surface area contributed by atoms with Crippen molar-refractivity contribution in [2.24, 2.45) is 0 Å². The van der Waals surface area contributed by atoms with Gasteiger partial charge in [-0.2, -0.15) is 0 Å². The highest BCUT2D eigenvalue weighted by Gasteiger charge is 2.24. The quantitative estimate of drug-likeness (QED) is 0.547. The van der Waals surface area contributed by atoms with Crippen molar-refractivity contribution in [3.05, 3.63) is 32.6 Å². The number of aromatic nitrogens is 2. The Labute approximate surface area is 129 Å². The summed E-state index contributed by atoms with van der Waals surface area (Å²) in [5, 5.41) is 11.0. The van der Waals surface area contributed by atoms with Crippen molar-refractivity contribution in [2.45, 2.75) is 4.90 Å². The Morgan fingerprint density at radius 3 is 2.30 bits per heavy atom. The number of nitro benzene ring substituents is 1. The average molecular weight is 362 g/mol. The fourth-order valence-corrected chi connectivity index (χ4v) is 3.12. The third-order valence-electron chi connectivity index (χ3n) is 2.65. The number of nitro groups is 1. The largest absolute Gasteiger partial charge is 0.317 e. The number of nitrogens with zero attached hydrogens (tertiary/aromatic N) is 2. The first kappa shape index (κ1) is 16.8. The second-order valence-corrected chi connectivity index (χ2v) is 8.39. The number of hydrogen-bond donors (Lipinski definition) is 2. The third kappa shape index (κ3) is 3.62. The SMILES string of the molecule is CS(=O)(=O)Nc1nc2cc(S(C)(=O)=O)c([N+](=O)[O-])cc2[nH]c1=O. The fourth-order valence-electron chi connectivity index (χ4n) is 1.79. The zero-order valence-corrected chi connectivity index (χ0v) is 13.4. The molecule has 2 aromatic rings. The van der Waals surface area contributed by atoms with Crippen molar-refractivity contribution < 1.29 is 21.8 Å². The van der Waals surface area contributed by atoms with Crippen LogP contribution in [0, 0.1) is 10.1 Å². The van der Waals surface area contributed by atoms with Crippen molar-refractivity contribution in [2.75, 3.05) is 17.2 Å². The summed E-state index contributed by atoms with van der Waals surface area (Å²) in [4.78, 5) is 27.2. The number of nitrogens with one attached hydrogen (secondary N) is 2. The molecular formula is C10H10N4O7S2.